The third-order valence-electron chi connectivity index (χ3n) is 9.60. The van der Waals surface area contributed by atoms with E-state index in [-0.39, 0.29) is 36.5 Å². The van der Waals surface area contributed by atoms with Gasteiger partial charge < -0.3 is 34.3 Å². The van der Waals surface area contributed by atoms with E-state index in [9.17, 15) is 14.7 Å². The molecule has 2 N–H and O–H groups in total. The van der Waals surface area contributed by atoms with Crippen LogP contribution in [0.15, 0.2) is 60.7 Å². The van der Waals surface area contributed by atoms with Gasteiger partial charge in [0.2, 0.25) is 0 Å². The highest BCUT2D eigenvalue weighted by molar-refractivity contribution is 6.00. The second-order valence-electron chi connectivity index (χ2n) is 12.6. The number of methoxy groups -OCH3 is 2. The third-order valence-corrected chi connectivity index (χ3v) is 9.60. The molecule has 2 aliphatic heterocycles. The number of nitrogens with zero attached hydrogens (tertiary/aromatic N) is 2. The van der Waals surface area contributed by atoms with Crippen molar-refractivity contribution in [1.29, 1.82) is 0 Å². The van der Waals surface area contributed by atoms with Crippen molar-refractivity contribution >= 4 is 11.8 Å². The number of fused-ring (bicyclic) bond motifs is 3. The summed E-state index contributed by atoms with van der Waals surface area (Å²) >= 11 is 0. The predicted octanol–water partition coefficient (Wildman–Crippen LogP) is 3.87. The van der Waals surface area contributed by atoms with E-state index in [1.807, 2.05) is 30.0 Å². The van der Waals surface area contributed by atoms with Crippen molar-refractivity contribution in [3.05, 3.63) is 88.5 Å². The topological polar surface area (TPSA) is 110 Å². The van der Waals surface area contributed by atoms with Crippen molar-refractivity contribution < 1.29 is 33.6 Å². The number of carbonyl (C=O) groups excluding carboxylic acids is 2. The van der Waals surface area contributed by atoms with Gasteiger partial charge in [0.15, 0.2) is 0 Å². The number of ether oxygens (including phenoxy) is 4. The van der Waals surface area contributed by atoms with Gasteiger partial charge in [0.1, 0.15) is 17.2 Å². The minimum absolute atomic E-state index is 0.0537. The highest BCUT2D eigenvalue weighted by Crippen LogP contribution is 2.33. The Balaban J connectivity index is 1.13. The van der Waals surface area contributed by atoms with Crippen LogP contribution in [-0.2, 0) is 24.1 Å². The average molecular weight is 644 g/mol. The number of nitrogens with one attached hydrogen (secondary N) is 1. The van der Waals surface area contributed by atoms with Gasteiger partial charge in [-0.15, -0.1) is 0 Å². The lowest BCUT2D eigenvalue weighted by Gasteiger charge is -2.34. The van der Waals surface area contributed by atoms with E-state index >= 15 is 0 Å². The summed E-state index contributed by atoms with van der Waals surface area (Å²) in [4.78, 5) is 31.1. The number of benzene rings is 3. The summed E-state index contributed by atoms with van der Waals surface area (Å²) in [6.45, 7) is 4.27. The zero-order valence-corrected chi connectivity index (χ0v) is 27.4. The molecule has 0 saturated carbocycles. The van der Waals surface area contributed by atoms with Crippen LogP contribution in [0.4, 0.5) is 0 Å². The van der Waals surface area contributed by atoms with Gasteiger partial charge in [-0.3, -0.25) is 14.5 Å². The van der Waals surface area contributed by atoms with Gasteiger partial charge in [-0.2, -0.15) is 0 Å². The Hall–Kier alpha value is -4.12. The zero-order valence-electron chi connectivity index (χ0n) is 27.4. The maximum atomic E-state index is 13.5. The largest absolute Gasteiger partial charge is 0.497 e. The minimum Gasteiger partial charge on any atom is -0.497 e. The fraction of sp³-hybridized carbons (Fsp3) is 0.459. The summed E-state index contributed by atoms with van der Waals surface area (Å²) in [5, 5.41) is 14.2. The van der Waals surface area contributed by atoms with Crippen LogP contribution in [0.1, 0.15) is 57.2 Å². The molecule has 0 spiro atoms. The molecule has 3 atom stereocenters. The number of carbonyl (C=O) groups is 2. The van der Waals surface area contributed by atoms with Crippen molar-refractivity contribution in [3.63, 3.8) is 0 Å². The Bertz CT molecular complexity index is 1540. The monoisotopic (exact) mass is 643 g/mol. The van der Waals surface area contributed by atoms with Crippen LogP contribution in [0.25, 0.3) is 0 Å². The van der Waals surface area contributed by atoms with Crippen molar-refractivity contribution in [2.45, 2.75) is 63.4 Å². The second kappa shape index (κ2) is 14.8. The van der Waals surface area contributed by atoms with Crippen LogP contribution in [0.3, 0.4) is 0 Å². The van der Waals surface area contributed by atoms with E-state index < -0.39 is 6.10 Å². The van der Waals surface area contributed by atoms with Gasteiger partial charge in [-0.05, 0) is 68.0 Å². The lowest BCUT2D eigenvalue weighted by atomic mass is 10.1. The number of aliphatic hydroxyl groups is 1. The van der Waals surface area contributed by atoms with Crippen molar-refractivity contribution in [2.24, 2.45) is 0 Å². The highest BCUT2D eigenvalue weighted by Gasteiger charge is 2.41. The average Bonchev–Trinajstić information content (AvgIpc) is 3.64. The number of hydrogen-bond donors (Lipinski definition) is 2. The summed E-state index contributed by atoms with van der Waals surface area (Å²) in [6, 6.07) is 19.6. The van der Waals surface area contributed by atoms with Crippen molar-refractivity contribution in [3.8, 4) is 17.2 Å². The summed E-state index contributed by atoms with van der Waals surface area (Å²) in [5.74, 6) is 1.36. The van der Waals surface area contributed by atoms with Crippen LogP contribution in [-0.4, -0.2) is 98.1 Å². The standard InChI is InChI=1S/C37H45N3O7/c1-4-47-35-17-26(37(43)40-28-11-12-29(40)23-46-22-28)10-14-33(35)36(42)38-19-31(41)21-39(30-15-24-7-5-6-8-25(24)16-30)20-27-9-13-32(44-2)18-34(27)45-3/h5-10,13-14,17-18,28-31,41H,4,11-12,15-16,19-23H2,1-3H3,(H,38,42)/t28?,29?,31-/m1/s1. The summed E-state index contributed by atoms with van der Waals surface area (Å²) in [7, 11) is 3.27. The van der Waals surface area contributed by atoms with Gasteiger partial charge in [-0.1, -0.05) is 30.3 Å². The molecule has 6 rings (SSSR count). The molecule has 2 bridgehead atoms. The van der Waals surface area contributed by atoms with Gasteiger partial charge in [0.05, 0.1) is 57.8 Å². The van der Waals surface area contributed by atoms with E-state index in [1.54, 1.807) is 32.4 Å². The van der Waals surface area contributed by atoms with Crippen molar-refractivity contribution in [1.82, 2.24) is 15.1 Å². The van der Waals surface area contributed by atoms with Gasteiger partial charge in [0.25, 0.3) is 11.8 Å². The maximum absolute atomic E-state index is 13.5. The lowest BCUT2D eigenvalue weighted by Crippen LogP contribution is -2.49. The molecule has 0 radical (unpaired) electrons. The van der Waals surface area contributed by atoms with Crippen molar-refractivity contribution in [2.75, 3.05) is 47.1 Å². The first-order valence-electron chi connectivity index (χ1n) is 16.5. The Labute approximate surface area is 276 Å². The first-order valence-corrected chi connectivity index (χ1v) is 16.5. The molecule has 2 unspecified atom stereocenters. The molecule has 250 valence electrons. The normalized spacial score (nSPS) is 19.4. The van der Waals surface area contributed by atoms with Gasteiger partial charge in [0, 0.05) is 42.9 Å². The van der Waals surface area contributed by atoms with Crippen LogP contribution >= 0.6 is 0 Å². The Morgan fingerprint density at radius 1 is 0.979 bits per heavy atom. The first-order chi connectivity index (χ1) is 22.9. The molecule has 10 heteroatoms. The number of rotatable bonds is 13. The van der Waals surface area contributed by atoms with E-state index in [1.165, 1.54) is 11.1 Å². The first kappa shape index (κ1) is 32.8. The molecule has 3 aliphatic rings. The van der Waals surface area contributed by atoms with Gasteiger partial charge >= 0.3 is 0 Å². The molecule has 2 fully saturated rings. The molecular weight excluding hydrogens is 598 g/mol. The summed E-state index contributed by atoms with van der Waals surface area (Å²) < 4.78 is 22.5. The summed E-state index contributed by atoms with van der Waals surface area (Å²) in [6.07, 6.45) is 2.80. The van der Waals surface area contributed by atoms with Crippen LogP contribution in [0, 0.1) is 0 Å². The maximum Gasteiger partial charge on any atom is 0.255 e. The Kier molecular flexibility index (Phi) is 10.3. The van der Waals surface area contributed by atoms with E-state index in [2.05, 4.69) is 34.5 Å². The smallest absolute Gasteiger partial charge is 0.255 e. The highest BCUT2D eigenvalue weighted by atomic mass is 16.5. The van der Waals surface area contributed by atoms with E-state index in [0.717, 1.165) is 37.0 Å². The fourth-order valence-corrected chi connectivity index (χ4v) is 7.21. The molecule has 2 saturated heterocycles. The van der Waals surface area contributed by atoms with Crippen LogP contribution in [0.2, 0.25) is 0 Å². The second-order valence-corrected chi connectivity index (χ2v) is 12.6. The van der Waals surface area contributed by atoms with Crippen LogP contribution in [0.5, 0.6) is 17.2 Å². The SMILES string of the molecule is CCOc1cc(C(=O)N2C3CCC2COC3)ccc1C(=O)NC[C@@H](O)CN(Cc1ccc(OC)cc1OC)C1Cc2ccccc2C1. The molecule has 47 heavy (non-hydrogen) atoms. The Morgan fingerprint density at radius 3 is 2.36 bits per heavy atom. The van der Waals surface area contributed by atoms with E-state index in [0.29, 0.717) is 55.5 Å². The zero-order chi connectivity index (χ0) is 32.9. The minimum atomic E-state index is -0.833. The summed E-state index contributed by atoms with van der Waals surface area (Å²) in [5.41, 5.74) is 4.44. The number of morpholine rings is 1. The molecule has 0 aromatic heterocycles. The quantitative estimate of drug-likeness (QED) is 0.289. The molecule has 3 aromatic rings. The number of hydrogen-bond acceptors (Lipinski definition) is 8. The third kappa shape index (κ3) is 7.25. The van der Waals surface area contributed by atoms with E-state index in [4.69, 9.17) is 18.9 Å². The number of aliphatic hydroxyl groups excluding tert-OH is 1. The predicted molar refractivity (Wildman–Crippen MR) is 177 cm³/mol. The molecule has 2 heterocycles. The van der Waals surface area contributed by atoms with Crippen LogP contribution < -0.4 is 19.5 Å². The number of amides is 2. The molecule has 10 nitrogen and oxygen atoms in total. The molecule has 3 aromatic carbocycles. The van der Waals surface area contributed by atoms with Gasteiger partial charge in [-0.25, -0.2) is 0 Å². The molecule has 2 amide bonds. The Morgan fingerprint density at radius 2 is 1.70 bits per heavy atom. The molecular formula is C37H45N3O7. The fourth-order valence-electron chi connectivity index (χ4n) is 7.21. The molecule has 1 aliphatic carbocycles. The lowest BCUT2D eigenvalue weighted by molar-refractivity contribution is -0.00717.